The number of carbonyl (C=O) groups excluding carboxylic acids is 1. The number of nitrogen functional groups attached to an aromatic ring is 1. The average molecular weight is 288 g/mol. The van der Waals surface area contributed by atoms with Gasteiger partial charge in [0.05, 0.1) is 0 Å². The number of hydrogen-bond acceptors (Lipinski definition) is 3. The molecule has 6 nitrogen and oxygen atoms in total. The molecule has 0 unspecified atom stereocenters. The van der Waals surface area contributed by atoms with E-state index in [-0.39, 0.29) is 11.6 Å². The van der Waals surface area contributed by atoms with Gasteiger partial charge in [-0.15, -0.1) is 0 Å². The zero-order valence-electron chi connectivity index (χ0n) is 12.1. The summed E-state index contributed by atoms with van der Waals surface area (Å²) in [5.41, 5.74) is 6.94. The molecule has 0 aliphatic carbocycles. The summed E-state index contributed by atoms with van der Waals surface area (Å²) in [4.78, 5) is 23.6. The first-order valence-electron chi connectivity index (χ1n) is 7.01. The fourth-order valence-electron chi connectivity index (χ4n) is 2.06. The zero-order chi connectivity index (χ0) is 15.2. The van der Waals surface area contributed by atoms with Crippen LogP contribution in [-0.4, -0.2) is 15.0 Å². The first kappa shape index (κ1) is 14.9. The molecule has 1 heterocycles. The van der Waals surface area contributed by atoms with Crippen LogP contribution in [0.5, 0.6) is 0 Å². The second-order valence-corrected chi connectivity index (χ2v) is 4.83. The lowest BCUT2D eigenvalue weighted by Crippen LogP contribution is -2.24. The van der Waals surface area contributed by atoms with Crippen molar-refractivity contribution in [2.45, 2.75) is 32.9 Å². The van der Waals surface area contributed by atoms with Crippen LogP contribution in [0, 0.1) is 0 Å². The lowest BCUT2D eigenvalue weighted by Gasteiger charge is -2.05. The van der Waals surface area contributed by atoms with E-state index in [0.717, 1.165) is 5.69 Å². The Kier molecular flexibility index (Phi) is 4.81. The fourth-order valence-corrected chi connectivity index (χ4v) is 2.06. The Hall–Kier alpha value is -2.50. The maximum absolute atomic E-state index is 11.8. The molecule has 0 saturated carbocycles. The van der Waals surface area contributed by atoms with Gasteiger partial charge in [0.25, 0.3) is 0 Å². The summed E-state index contributed by atoms with van der Waals surface area (Å²) in [5, 5.41) is 2.80. The summed E-state index contributed by atoms with van der Waals surface area (Å²) in [6.07, 6.45) is 4.50. The van der Waals surface area contributed by atoms with Gasteiger partial charge >= 0.3 is 5.69 Å². The molecule has 1 amide bonds. The Balaban J connectivity index is 1.80. The van der Waals surface area contributed by atoms with Gasteiger partial charge in [0, 0.05) is 43.3 Å². The molecule has 6 heteroatoms. The minimum absolute atomic E-state index is 0.0311. The van der Waals surface area contributed by atoms with Crippen molar-refractivity contribution >= 4 is 17.3 Å². The number of amides is 1. The van der Waals surface area contributed by atoms with Gasteiger partial charge in [0.2, 0.25) is 5.91 Å². The van der Waals surface area contributed by atoms with Gasteiger partial charge in [-0.3, -0.25) is 13.9 Å². The van der Waals surface area contributed by atoms with Crippen molar-refractivity contribution in [1.82, 2.24) is 9.13 Å². The minimum atomic E-state index is -0.0669. The number of hydrogen-bond donors (Lipinski definition) is 2. The third kappa shape index (κ3) is 3.98. The Morgan fingerprint density at radius 1 is 1.19 bits per heavy atom. The van der Waals surface area contributed by atoms with E-state index in [1.165, 1.54) is 0 Å². The van der Waals surface area contributed by atoms with Gasteiger partial charge in [0.15, 0.2) is 0 Å². The number of nitrogens with one attached hydrogen (secondary N) is 1. The summed E-state index contributed by atoms with van der Waals surface area (Å²) in [6.45, 7) is 3.12. The first-order valence-corrected chi connectivity index (χ1v) is 7.01. The SMILES string of the molecule is CCn1ccn(CCCC(=O)Nc2ccc(N)cc2)c1=O. The Morgan fingerprint density at radius 3 is 2.48 bits per heavy atom. The monoisotopic (exact) mass is 288 g/mol. The standard InChI is InChI=1S/C15H20N4O2/c1-2-18-10-11-19(15(18)21)9-3-4-14(20)17-13-7-5-12(16)6-8-13/h5-8,10-11H,2-4,9,16H2,1H3,(H,17,20). The topological polar surface area (TPSA) is 82.1 Å². The highest BCUT2D eigenvalue weighted by Gasteiger charge is 2.05. The molecule has 0 aliphatic heterocycles. The number of benzene rings is 1. The molecule has 0 fully saturated rings. The molecular formula is C15H20N4O2. The minimum Gasteiger partial charge on any atom is -0.399 e. The molecule has 2 rings (SSSR count). The summed E-state index contributed by atoms with van der Waals surface area (Å²) in [7, 11) is 0. The van der Waals surface area contributed by atoms with E-state index in [0.29, 0.717) is 31.6 Å². The zero-order valence-corrected chi connectivity index (χ0v) is 12.1. The number of carbonyl (C=O) groups is 1. The van der Waals surface area contributed by atoms with Crippen LogP contribution in [0.3, 0.4) is 0 Å². The molecule has 2 aromatic rings. The predicted molar refractivity (Wildman–Crippen MR) is 83.1 cm³/mol. The van der Waals surface area contributed by atoms with Crippen LogP contribution in [0.1, 0.15) is 19.8 Å². The van der Waals surface area contributed by atoms with Gasteiger partial charge in [0.1, 0.15) is 0 Å². The van der Waals surface area contributed by atoms with Crippen LogP contribution in [0.15, 0.2) is 41.5 Å². The van der Waals surface area contributed by atoms with Gasteiger partial charge in [-0.05, 0) is 37.6 Å². The quantitative estimate of drug-likeness (QED) is 0.793. The average Bonchev–Trinajstić information content (AvgIpc) is 2.82. The van der Waals surface area contributed by atoms with Gasteiger partial charge in [-0.25, -0.2) is 4.79 Å². The highest BCUT2D eigenvalue weighted by atomic mass is 16.2. The molecule has 0 aliphatic rings. The molecule has 0 radical (unpaired) electrons. The van der Waals surface area contributed by atoms with Gasteiger partial charge < -0.3 is 11.1 Å². The van der Waals surface area contributed by atoms with E-state index in [2.05, 4.69) is 5.32 Å². The smallest absolute Gasteiger partial charge is 0.328 e. The van der Waals surface area contributed by atoms with Crippen molar-refractivity contribution in [1.29, 1.82) is 0 Å². The van der Waals surface area contributed by atoms with Gasteiger partial charge in [-0.1, -0.05) is 0 Å². The van der Waals surface area contributed by atoms with E-state index in [4.69, 9.17) is 5.73 Å². The predicted octanol–water partition coefficient (Wildman–Crippen LogP) is 1.67. The maximum atomic E-state index is 11.8. The number of imidazole rings is 1. The normalized spacial score (nSPS) is 10.5. The summed E-state index contributed by atoms with van der Waals surface area (Å²) in [5.74, 6) is -0.0669. The molecule has 1 aromatic heterocycles. The summed E-state index contributed by atoms with van der Waals surface area (Å²) >= 11 is 0. The lowest BCUT2D eigenvalue weighted by atomic mass is 10.2. The third-order valence-electron chi connectivity index (χ3n) is 3.26. The van der Waals surface area contributed by atoms with E-state index in [1.807, 2.05) is 6.92 Å². The van der Waals surface area contributed by atoms with Crippen molar-refractivity contribution in [2.75, 3.05) is 11.1 Å². The van der Waals surface area contributed by atoms with Crippen molar-refractivity contribution in [2.24, 2.45) is 0 Å². The second kappa shape index (κ2) is 6.78. The number of rotatable bonds is 6. The Morgan fingerprint density at radius 2 is 1.86 bits per heavy atom. The molecule has 21 heavy (non-hydrogen) atoms. The number of anilines is 2. The van der Waals surface area contributed by atoms with Crippen molar-refractivity contribution in [3.8, 4) is 0 Å². The van der Waals surface area contributed by atoms with Crippen LogP contribution < -0.4 is 16.7 Å². The van der Waals surface area contributed by atoms with E-state index >= 15 is 0 Å². The molecule has 0 atom stereocenters. The number of aryl methyl sites for hydroxylation is 2. The molecule has 112 valence electrons. The van der Waals surface area contributed by atoms with Crippen molar-refractivity contribution < 1.29 is 4.79 Å². The third-order valence-corrected chi connectivity index (χ3v) is 3.26. The number of nitrogens with two attached hydrogens (primary N) is 1. The van der Waals surface area contributed by atoms with Crippen LogP contribution in [0.4, 0.5) is 11.4 Å². The molecule has 0 bridgehead atoms. The molecule has 3 N–H and O–H groups in total. The van der Waals surface area contributed by atoms with Crippen molar-refractivity contribution in [3.63, 3.8) is 0 Å². The Labute approximate surface area is 123 Å². The Bertz CT molecular complexity index is 655. The summed E-state index contributed by atoms with van der Waals surface area (Å²) in [6, 6.07) is 7.00. The highest BCUT2D eigenvalue weighted by molar-refractivity contribution is 5.90. The number of aromatic nitrogens is 2. The summed E-state index contributed by atoms with van der Waals surface area (Å²) < 4.78 is 3.26. The lowest BCUT2D eigenvalue weighted by molar-refractivity contribution is -0.116. The van der Waals surface area contributed by atoms with Crippen LogP contribution in [-0.2, 0) is 17.9 Å². The van der Waals surface area contributed by atoms with Gasteiger partial charge in [-0.2, -0.15) is 0 Å². The van der Waals surface area contributed by atoms with E-state index < -0.39 is 0 Å². The van der Waals surface area contributed by atoms with Crippen LogP contribution in [0.25, 0.3) is 0 Å². The molecule has 0 spiro atoms. The van der Waals surface area contributed by atoms with Crippen LogP contribution >= 0.6 is 0 Å². The van der Waals surface area contributed by atoms with E-state index in [1.54, 1.807) is 45.8 Å². The highest BCUT2D eigenvalue weighted by Crippen LogP contribution is 2.11. The molecule has 1 aromatic carbocycles. The van der Waals surface area contributed by atoms with Crippen molar-refractivity contribution in [3.05, 3.63) is 47.1 Å². The first-order chi connectivity index (χ1) is 10.1. The fraction of sp³-hybridized carbons (Fsp3) is 0.333. The van der Waals surface area contributed by atoms with E-state index in [9.17, 15) is 9.59 Å². The molecular weight excluding hydrogens is 268 g/mol. The maximum Gasteiger partial charge on any atom is 0.328 e. The largest absolute Gasteiger partial charge is 0.399 e. The van der Waals surface area contributed by atoms with Crippen LogP contribution in [0.2, 0.25) is 0 Å². The number of nitrogens with zero attached hydrogens (tertiary/aromatic N) is 2. The molecule has 0 saturated heterocycles. The second-order valence-electron chi connectivity index (χ2n) is 4.83.